The van der Waals surface area contributed by atoms with E-state index in [1.54, 1.807) is 0 Å². The maximum Gasteiger partial charge on any atom is -0.0191 e. The Labute approximate surface area is 64.0 Å². The van der Waals surface area contributed by atoms with Gasteiger partial charge >= 0.3 is 0 Å². The van der Waals surface area contributed by atoms with Crippen LogP contribution in [0.5, 0.6) is 0 Å². The molecule has 0 saturated carbocycles. The van der Waals surface area contributed by atoms with Gasteiger partial charge in [0.2, 0.25) is 0 Å². The first-order valence-electron chi connectivity index (χ1n) is 3.25. The second-order valence-electron chi connectivity index (χ2n) is 4.29. The Kier molecular flexibility index (Phi) is 2.91. The molecule has 0 heterocycles. The van der Waals surface area contributed by atoms with Crippen molar-refractivity contribution in [2.24, 2.45) is 5.41 Å². The van der Waals surface area contributed by atoms with Crippen molar-refractivity contribution < 1.29 is 0 Å². The molecular formula is C7H17PS. The van der Waals surface area contributed by atoms with Gasteiger partial charge in [0.15, 0.2) is 0 Å². The average Bonchev–Trinajstić information content (AvgIpc) is 1.14. The van der Waals surface area contributed by atoms with Crippen molar-refractivity contribution in [3.05, 3.63) is 0 Å². The summed E-state index contributed by atoms with van der Waals surface area (Å²) < 4.78 is 0. The van der Waals surface area contributed by atoms with E-state index in [-0.39, 0.29) is 0 Å². The van der Waals surface area contributed by atoms with Crippen molar-refractivity contribution in [1.82, 2.24) is 0 Å². The van der Waals surface area contributed by atoms with Crippen LogP contribution in [0.25, 0.3) is 0 Å². The minimum absolute atomic E-state index is 0.430. The van der Waals surface area contributed by atoms with Crippen molar-refractivity contribution in [3.63, 3.8) is 0 Å². The third kappa shape index (κ3) is 8.65. The van der Waals surface area contributed by atoms with Gasteiger partial charge in [-0.3, -0.25) is 0 Å². The normalized spacial score (nSPS) is 13.9. The van der Waals surface area contributed by atoms with Gasteiger partial charge in [-0.2, -0.15) is 0 Å². The first-order valence-corrected chi connectivity index (χ1v) is 7.13. The predicted octanol–water partition coefficient (Wildman–Crippen LogP) is 2.77. The van der Waals surface area contributed by atoms with E-state index in [0.29, 0.717) is 5.41 Å². The molecule has 0 saturated heterocycles. The number of hydrogen-bond acceptors (Lipinski definition) is 1. The van der Waals surface area contributed by atoms with Gasteiger partial charge in [-0.1, -0.05) is 32.6 Å². The van der Waals surface area contributed by atoms with Gasteiger partial charge in [0.25, 0.3) is 0 Å². The third-order valence-corrected chi connectivity index (χ3v) is 2.95. The summed E-state index contributed by atoms with van der Waals surface area (Å²) in [5.41, 5.74) is 0.430. The van der Waals surface area contributed by atoms with Gasteiger partial charge in [-0.25, -0.2) is 0 Å². The fourth-order valence-corrected chi connectivity index (χ4v) is 4.59. The molecule has 0 aliphatic heterocycles. The van der Waals surface area contributed by atoms with E-state index >= 15 is 0 Å². The predicted molar refractivity (Wildman–Crippen MR) is 50.5 cm³/mol. The summed E-state index contributed by atoms with van der Waals surface area (Å²) in [4.78, 5) is 0. The Morgan fingerprint density at radius 1 is 1.22 bits per heavy atom. The lowest BCUT2D eigenvalue weighted by atomic mass is 10.0. The molecule has 0 fully saturated rings. The Hall–Kier alpha value is 0.650. The number of rotatable bonds is 1. The molecule has 0 aliphatic carbocycles. The van der Waals surface area contributed by atoms with Crippen molar-refractivity contribution in [2.75, 3.05) is 19.5 Å². The molecule has 0 N–H and O–H groups in total. The Morgan fingerprint density at radius 2 is 1.56 bits per heavy atom. The van der Waals surface area contributed by atoms with E-state index in [4.69, 9.17) is 11.8 Å². The minimum Gasteiger partial charge on any atom is -0.0980 e. The summed E-state index contributed by atoms with van der Waals surface area (Å²) in [5, 5.41) is 0. The molecule has 0 aliphatic rings. The maximum atomic E-state index is 5.34. The van der Waals surface area contributed by atoms with Crippen LogP contribution in [-0.2, 0) is 11.8 Å². The molecule has 0 nitrogen and oxygen atoms in total. The maximum absolute atomic E-state index is 5.34. The second-order valence-corrected chi connectivity index (χ2v) is 10.7. The average molecular weight is 164 g/mol. The van der Waals surface area contributed by atoms with Crippen LogP contribution in [0.3, 0.4) is 0 Å². The SMILES string of the molecule is CC(C)(C)CP(C)(C)=S. The zero-order valence-electron chi connectivity index (χ0n) is 7.06. The summed E-state index contributed by atoms with van der Waals surface area (Å²) in [6.45, 7) is 11.2. The van der Waals surface area contributed by atoms with Crippen LogP contribution in [0.4, 0.5) is 0 Å². The Balaban J connectivity index is 3.90. The van der Waals surface area contributed by atoms with Crippen molar-refractivity contribution in [2.45, 2.75) is 20.8 Å². The molecule has 0 rings (SSSR count). The van der Waals surface area contributed by atoms with Crippen LogP contribution in [0.2, 0.25) is 0 Å². The molecule has 2 heteroatoms. The minimum atomic E-state index is -0.954. The molecule has 0 spiro atoms. The van der Waals surface area contributed by atoms with Crippen LogP contribution >= 0.6 is 6.04 Å². The molecule has 0 amide bonds. The molecule has 0 aromatic carbocycles. The zero-order chi connectivity index (χ0) is 7.71. The second kappa shape index (κ2) is 2.72. The van der Waals surface area contributed by atoms with Crippen LogP contribution < -0.4 is 0 Å². The molecule has 9 heavy (non-hydrogen) atoms. The monoisotopic (exact) mass is 164 g/mol. The lowest BCUT2D eigenvalue weighted by molar-refractivity contribution is 0.477. The lowest BCUT2D eigenvalue weighted by Crippen LogP contribution is -2.10. The standard InChI is InChI=1S/C7H17PS/c1-7(2,3)6-8(4,5)9/h6H2,1-5H3. The fourth-order valence-electron chi connectivity index (χ4n) is 1.14. The van der Waals surface area contributed by atoms with E-state index in [1.165, 1.54) is 6.16 Å². The highest BCUT2D eigenvalue weighted by Crippen LogP contribution is 2.42. The largest absolute Gasteiger partial charge is 0.0980 e. The first-order chi connectivity index (χ1) is 3.71. The van der Waals surface area contributed by atoms with Crippen LogP contribution in [0, 0.1) is 5.41 Å². The molecule has 0 radical (unpaired) electrons. The van der Waals surface area contributed by atoms with Crippen LogP contribution in [0.15, 0.2) is 0 Å². The summed E-state index contributed by atoms with van der Waals surface area (Å²) in [5.74, 6) is 0. The molecular weight excluding hydrogens is 147 g/mol. The zero-order valence-corrected chi connectivity index (χ0v) is 8.77. The summed E-state index contributed by atoms with van der Waals surface area (Å²) in [6, 6.07) is -0.954. The van der Waals surface area contributed by atoms with Crippen LogP contribution in [0.1, 0.15) is 20.8 Å². The highest BCUT2D eigenvalue weighted by Gasteiger charge is 2.15. The Morgan fingerprint density at radius 3 is 1.56 bits per heavy atom. The molecule has 0 aromatic rings. The van der Waals surface area contributed by atoms with Gasteiger partial charge in [0.05, 0.1) is 0 Å². The summed E-state index contributed by atoms with van der Waals surface area (Å²) in [7, 11) is 0. The van der Waals surface area contributed by atoms with E-state index in [1.807, 2.05) is 0 Å². The molecule has 0 bridgehead atoms. The number of hydrogen-bond donors (Lipinski definition) is 0. The van der Waals surface area contributed by atoms with Crippen molar-refractivity contribution >= 4 is 17.8 Å². The van der Waals surface area contributed by atoms with E-state index in [0.717, 1.165) is 0 Å². The molecule has 0 unspecified atom stereocenters. The molecule has 0 atom stereocenters. The highest BCUT2D eigenvalue weighted by atomic mass is 32.4. The van der Waals surface area contributed by atoms with E-state index in [2.05, 4.69) is 34.1 Å². The summed E-state index contributed by atoms with van der Waals surface area (Å²) >= 11 is 5.34. The van der Waals surface area contributed by atoms with Gasteiger partial charge < -0.3 is 0 Å². The van der Waals surface area contributed by atoms with Crippen molar-refractivity contribution in [3.8, 4) is 0 Å². The van der Waals surface area contributed by atoms with Gasteiger partial charge in [0, 0.05) is 0 Å². The molecule has 56 valence electrons. The quantitative estimate of drug-likeness (QED) is 0.537. The Bertz CT molecular complexity index is 126. The fraction of sp³-hybridized carbons (Fsp3) is 1.00. The van der Waals surface area contributed by atoms with E-state index < -0.39 is 6.04 Å². The van der Waals surface area contributed by atoms with Gasteiger partial charge in [0.1, 0.15) is 0 Å². The molecule has 0 aromatic heterocycles. The first kappa shape index (κ1) is 9.65. The summed E-state index contributed by atoms with van der Waals surface area (Å²) in [6.07, 6.45) is 1.22. The lowest BCUT2D eigenvalue weighted by Gasteiger charge is -2.22. The highest BCUT2D eigenvalue weighted by molar-refractivity contribution is 8.14. The van der Waals surface area contributed by atoms with Gasteiger partial charge in [-0.05, 0) is 30.9 Å². The van der Waals surface area contributed by atoms with E-state index in [9.17, 15) is 0 Å². The van der Waals surface area contributed by atoms with Crippen molar-refractivity contribution in [1.29, 1.82) is 0 Å². The topological polar surface area (TPSA) is 0 Å². The third-order valence-electron chi connectivity index (χ3n) is 0.855. The van der Waals surface area contributed by atoms with Gasteiger partial charge in [-0.15, -0.1) is 0 Å². The van der Waals surface area contributed by atoms with Crippen LogP contribution in [-0.4, -0.2) is 19.5 Å². The smallest absolute Gasteiger partial charge is 0.0191 e.